The number of alkyl carbamates (subject to hydrolysis) is 1. The van der Waals surface area contributed by atoms with E-state index >= 15 is 0 Å². The topological polar surface area (TPSA) is 94.8 Å². The Kier molecular flexibility index (Phi) is 4.63. The molecule has 0 unspecified atom stereocenters. The number of halogens is 1. The Morgan fingerprint density at radius 1 is 1.30 bits per heavy atom. The minimum Gasteiger partial charge on any atom is -0.453 e. The van der Waals surface area contributed by atoms with E-state index < -0.39 is 29.9 Å². The van der Waals surface area contributed by atoms with E-state index in [1.165, 1.54) is 19.1 Å². The Bertz CT molecular complexity index is 782. The number of nitrogens with one attached hydrogen (secondary N) is 1. The molecule has 7 nitrogen and oxygen atoms in total. The van der Waals surface area contributed by atoms with Crippen molar-refractivity contribution in [3.8, 4) is 0 Å². The van der Waals surface area contributed by atoms with Gasteiger partial charge in [-0.3, -0.25) is 10.1 Å². The van der Waals surface area contributed by atoms with E-state index in [1.807, 2.05) is 5.32 Å². The highest BCUT2D eigenvalue weighted by Gasteiger charge is 2.25. The van der Waals surface area contributed by atoms with Crippen LogP contribution in [0.15, 0.2) is 22.6 Å². The number of aryl methyl sites for hydroxylation is 1. The first-order valence-corrected chi connectivity index (χ1v) is 6.62. The molecule has 1 aromatic carbocycles. The molecular formula is C15H14FNO6. The Hall–Kier alpha value is -2.90. The zero-order chi connectivity index (χ0) is 17.1. The van der Waals surface area contributed by atoms with Crippen LogP contribution in [-0.2, 0) is 14.3 Å². The molecule has 1 N–H and O–H groups in total. The molecule has 0 aliphatic rings. The van der Waals surface area contributed by atoms with Gasteiger partial charge in [0.1, 0.15) is 0 Å². The van der Waals surface area contributed by atoms with Gasteiger partial charge in [0.05, 0.1) is 7.11 Å². The van der Waals surface area contributed by atoms with Crippen molar-refractivity contribution < 1.29 is 32.7 Å². The molecule has 0 fully saturated rings. The van der Waals surface area contributed by atoms with Crippen molar-refractivity contribution >= 4 is 28.9 Å². The number of hydrogen-bond acceptors (Lipinski definition) is 6. The van der Waals surface area contributed by atoms with E-state index in [4.69, 9.17) is 9.15 Å². The van der Waals surface area contributed by atoms with Gasteiger partial charge in [0.15, 0.2) is 17.5 Å². The van der Waals surface area contributed by atoms with Crippen LogP contribution in [0.25, 0.3) is 11.0 Å². The minimum atomic E-state index is -1.26. The standard InChI is InChI=1S/C15H14FNO6/c1-7-9-5-4-6-10(16)12(9)23-11(7)14(19)22-8(2)13(18)17-15(20)21-3/h4-6,8H,1-3H3,(H,17,18,20)/t8-/m0/s1. The third kappa shape index (κ3) is 3.31. The van der Waals surface area contributed by atoms with Crippen LogP contribution in [0, 0.1) is 12.7 Å². The first kappa shape index (κ1) is 16.5. The lowest BCUT2D eigenvalue weighted by Gasteiger charge is -2.11. The average molecular weight is 323 g/mol. The summed E-state index contributed by atoms with van der Waals surface area (Å²) in [6.07, 6.45) is -2.24. The van der Waals surface area contributed by atoms with E-state index in [0.29, 0.717) is 10.9 Å². The maximum atomic E-state index is 13.7. The highest BCUT2D eigenvalue weighted by molar-refractivity contribution is 5.99. The van der Waals surface area contributed by atoms with Crippen molar-refractivity contribution in [2.24, 2.45) is 0 Å². The number of hydrogen-bond donors (Lipinski definition) is 1. The highest BCUT2D eigenvalue weighted by Crippen LogP contribution is 2.27. The van der Waals surface area contributed by atoms with Crippen LogP contribution in [0.5, 0.6) is 0 Å². The lowest BCUT2D eigenvalue weighted by atomic mass is 10.1. The predicted molar refractivity (Wildman–Crippen MR) is 76.3 cm³/mol. The molecular weight excluding hydrogens is 309 g/mol. The van der Waals surface area contributed by atoms with Gasteiger partial charge in [-0.15, -0.1) is 0 Å². The molecule has 2 aromatic rings. The van der Waals surface area contributed by atoms with Crippen molar-refractivity contribution in [1.29, 1.82) is 0 Å². The number of furan rings is 1. The molecule has 0 radical (unpaired) electrons. The van der Waals surface area contributed by atoms with Gasteiger partial charge in [0, 0.05) is 10.9 Å². The fraction of sp³-hybridized carbons (Fsp3) is 0.267. The summed E-state index contributed by atoms with van der Waals surface area (Å²) in [7, 11) is 1.09. The van der Waals surface area contributed by atoms with E-state index in [1.54, 1.807) is 13.0 Å². The summed E-state index contributed by atoms with van der Waals surface area (Å²) in [6, 6.07) is 4.29. The van der Waals surface area contributed by atoms with Crippen LogP contribution in [-0.4, -0.2) is 31.2 Å². The second-order valence-corrected chi connectivity index (χ2v) is 4.70. The van der Waals surface area contributed by atoms with Crippen molar-refractivity contribution in [3.05, 3.63) is 35.3 Å². The molecule has 0 saturated heterocycles. The van der Waals surface area contributed by atoms with E-state index in [9.17, 15) is 18.8 Å². The van der Waals surface area contributed by atoms with Crippen molar-refractivity contribution in [3.63, 3.8) is 0 Å². The quantitative estimate of drug-likeness (QED) is 0.871. The molecule has 0 spiro atoms. The van der Waals surface area contributed by atoms with Crippen LogP contribution in [0.1, 0.15) is 23.0 Å². The van der Waals surface area contributed by atoms with Crippen molar-refractivity contribution in [1.82, 2.24) is 5.32 Å². The van der Waals surface area contributed by atoms with Crippen LogP contribution >= 0.6 is 0 Å². The number of imide groups is 1. The molecule has 23 heavy (non-hydrogen) atoms. The maximum absolute atomic E-state index is 13.7. The van der Waals surface area contributed by atoms with Gasteiger partial charge in [-0.05, 0) is 19.9 Å². The molecule has 0 aliphatic heterocycles. The zero-order valence-electron chi connectivity index (χ0n) is 12.6. The van der Waals surface area contributed by atoms with Crippen LogP contribution < -0.4 is 5.32 Å². The number of carbonyl (C=O) groups excluding carboxylic acids is 3. The number of carbonyl (C=O) groups is 3. The second kappa shape index (κ2) is 6.47. The number of rotatable bonds is 3. The summed E-state index contributed by atoms with van der Waals surface area (Å²) >= 11 is 0. The fourth-order valence-electron chi connectivity index (χ4n) is 1.92. The maximum Gasteiger partial charge on any atom is 0.413 e. The molecule has 0 saturated carbocycles. The van der Waals surface area contributed by atoms with Gasteiger partial charge in [-0.25, -0.2) is 14.0 Å². The van der Waals surface area contributed by atoms with Crippen LogP contribution in [0.4, 0.5) is 9.18 Å². The lowest BCUT2D eigenvalue weighted by molar-refractivity contribution is -0.128. The summed E-state index contributed by atoms with van der Waals surface area (Å²) in [5.74, 6) is -2.61. The summed E-state index contributed by atoms with van der Waals surface area (Å²) in [6.45, 7) is 2.84. The zero-order valence-corrected chi connectivity index (χ0v) is 12.6. The largest absolute Gasteiger partial charge is 0.453 e. The first-order chi connectivity index (χ1) is 10.8. The predicted octanol–water partition coefficient (Wildman–Crippen LogP) is 2.31. The van der Waals surface area contributed by atoms with Gasteiger partial charge >= 0.3 is 12.1 Å². The summed E-state index contributed by atoms with van der Waals surface area (Å²) in [4.78, 5) is 34.6. The second-order valence-electron chi connectivity index (χ2n) is 4.70. The number of ether oxygens (including phenoxy) is 2. The highest BCUT2D eigenvalue weighted by atomic mass is 19.1. The van der Waals surface area contributed by atoms with Crippen LogP contribution in [0.2, 0.25) is 0 Å². The number of para-hydroxylation sites is 1. The number of benzene rings is 1. The molecule has 1 heterocycles. The Morgan fingerprint density at radius 2 is 2.00 bits per heavy atom. The summed E-state index contributed by atoms with van der Waals surface area (Å²) < 4.78 is 28.0. The molecule has 122 valence electrons. The summed E-state index contributed by atoms with van der Waals surface area (Å²) in [5, 5.41) is 2.30. The third-order valence-electron chi connectivity index (χ3n) is 3.16. The van der Waals surface area contributed by atoms with Gasteiger partial charge < -0.3 is 13.9 Å². The molecule has 0 aliphatic carbocycles. The van der Waals surface area contributed by atoms with Crippen LogP contribution in [0.3, 0.4) is 0 Å². The van der Waals surface area contributed by atoms with E-state index in [-0.39, 0.29) is 11.3 Å². The SMILES string of the molecule is COC(=O)NC(=O)[C@H](C)OC(=O)c1oc2c(F)cccc2c1C. The average Bonchev–Trinajstić information content (AvgIpc) is 2.86. The number of fused-ring (bicyclic) bond motifs is 1. The van der Waals surface area contributed by atoms with Gasteiger partial charge in [0.2, 0.25) is 5.76 Å². The van der Waals surface area contributed by atoms with E-state index in [0.717, 1.165) is 7.11 Å². The van der Waals surface area contributed by atoms with Gasteiger partial charge in [-0.2, -0.15) is 0 Å². The Labute approximate surface area is 130 Å². The fourth-order valence-corrected chi connectivity index (χ4v) is 1.92. The normalized spacial score (nSPS) is 11.8. The molecule has 0 bridgehead atoms. The molecule has 2 amide bonds. The number of esters is 1. The number of methoxy groups -OCH3 is 1. The third-order valence-corrected chi connectivity index (χ3v) is 3.16. The van der Waals surface area contributed by atoms with Crippen molar-refractivity contribution in [2.45, 2.75) is 20.0 Å². The van der Waals surface area contributed by atoms with Gasteiger partial charge in [0.25, 0.3) is 5.91 Å². The van der Waals surface area contributed by atoms with E-state index in [2.05, 4.69) is 4.74 Å². The lowest BCUT2D eigenvalue weighted by Crippen LogP contribution is -2.39. The monoisotopic (exact) mass is 323 g/mol. The molecule has 2 rings (SSSR count). The van der Waals surface area contributed by atoms with Gasteiger partial charge in [-0.1, -0.05) is 12.1 Å². The Balaban J connectivity index is 2.18. The first-order valence-electron chi connectivity index (χ1n) is 6.62. The summed E-state index contributed by atoms with van der Waals surface area (Å²) in [5.41, 5.74) is 0.327. The minimum absolute atomic E-state index is 0.0661. The molecule has 1 aromatic heterocycles. The molecule has 1 atom stereocenters. The van der Waals surface area contributed by atoms with Crippen molar-refractivity contribution in [2.75, 3.05) is 7.11 Å². The smallest absolute Gasteiger partial charge is 0.413 e. The molecule has 8 heteroatoms. The Morgan fingerprint density at radius 3 is 2.61 bits per heavy atom. The number of amides is 2.